The van der Waals surface area contributed by atoms with Crippen LogP contribution < -0.4 is 5.32 Å². The lowest BCUT2D eigenvalue weighted by atomic mass is 10.0. The van der Waals surface area contributed by atoms with Crippen molar-refractivity contribution >= 4 is 27.3 Å². The molecule has 2 aromatic rings. The topological polar surface area (TPSA) is 32.3 Å². The van der Waals surface area contributed by atoms with Gasteiger partial charge in [0.1, 0.15) is 0 Å². The maximum Gasteiger partial charge on any atom is 0.255 e. The van der Waals surface area contributed by atoms with Crippen LogP contribution >= 0.6 is 11.3 Å². The molecule has 0 saturated carbocycles. The molecule has 4 rings (SSSR count). The van der Waals surface area contributed by atoms with Gasteiger partial charge in [-0.3, -0.25) is 4.79 Å². The molecule has 1 aromatic heterocycles. The Hall–Kier alpha value is -1.39. The van der Waals surface area contributed by atoms with Gasteiger partial charge in [0.15, 0.2) is 0 Å². The number of rotatable bonds is 1. The van der Waals surface area contributed by atoms with Crippen LogP contribution in [0.2, 0.25) is 0 Å². The molecule has 0 aliphatic carbocycles. The smallest absolute Gasteiger partial charge is 0.255 e. The molecule has 2 fully saturated rings. The highest BCUT2D eigenvalue weighted by atomic mass is 32.1. The third kappa shape index (κ3) is 1.78. The summed E-state index contributed by atoms with van der Waals surface area (Å²) in [6.45, 7) is 3.97. The normalized spacial score (nSPS) is 26.0. The zero-order valence-electron chi connectivity index (χ0n) is 10.6. The number of nitrogens with one attached hydrogen (secondary N) is 1. The van der Waals surface area contributed by atoms with Gasteiger partial charge in [-0.05, 0) is 17.9 Å². The fourth-order valence-electron chi connectivity index (χ4n) is 3.33. The van der Waals surface area contributed by atoms with Crippen LogP contribution in [-0.4, -0.2) is 37.0 Å². The van der Waals surface area contributed by atoms with Crippen LogP contribution in [0.4, 0.5) is 0 Å². The second-order valence-corrected chi connectivity index (χ2v) is 6.45. The van der Waals surface area contributed by atoms with Crippen molar-refractivity contribution in [2.24, 2.45) is 11.8 Å². The lowest BCUT2D eigenvalue weighted by molar-refractivity contribution is 0.0784. The molecule has 4 heteroatoms. The number of benzene rings is 1. The van der Waals surface area contributed by atoms with E-state index in [0.717, 1.165) is 37.1 Å². The predicted molar refractivity (Wildman–Crippen MR) is 77.6 cm³/mol. The van der Waals surface area contributed by atoms with Gasteiger partial charge in [0, 0.05) is 41.6 Å². The number of fused-ring (bicyclic) bond motifs is 2. The molecule has 1 aromatic carbocycles. The van der Waals surface area contributed by atoms with Gasteiger partial charge < -0.3 is 10.2 Å². The molecule has 2 atom stereocenters. The number of likely N-dealkylation sites (tertiary alicyclic amines) is 1. The summed E-state index contributed by atoms with van der Waals surface area (Å²) in [5.41, 5.74) is 0.883. The summed E-state index contributed by atoms with van der Waals surface area (Å²) in [4.78, 5) is 14.7. The number of carbonyl (C=O) groups excluding carboxylic acids is 1. The number of hydrogen-bond donors (Lipinski definition) is 1. The number of amides is 1. The molecule has 0 spiro atoms. The number of hydrogen-bond acceptors (Lipinski definition) is 3. The van der Waals surface area contributed by atoms with Crippen LogP contribution in [0.5, 0.6) is 0 Å². The maximum atomic E-state index is 12.7. The highest BCUT2D eigenvalue weighted by Gasteiger charge is 2.38. The van der Waals surface area contributed by atoms with E-state index in [1.807, 2.05) is 22.4 Å². The predicted octanol–water partition coefficient (Wildman–Crippen LogP) is 2.19. The van der Waals surface area contributed by atoms with Gasteiger partial charge in [-0.25, -0.2) is 0 Å². The summed E-state index contributed by atoms with van der Waals surface area (Å²) in [7, 11) is 0. The highest BCUT2D eigenvalue weighted by Crippen LogP contribution is 2.31. The molecule has 98 valence electrons. The maximum absolute atomic E-state index is 12.7. The Morgan fingerprint density at radius 3 is 2.74 bits per heavy atom. The number of carbonyl (C=O) groups is 1. The van der Waals surface area contributed by atoms with E-state index in [-0.39, 0.29) is 5.91 Å². The molecule has 2 aliphatic rings. The first-order valence-electron chi connectivity index (χ1n) is 6.79. The Balaban J connectivity index is 1.64. The Bertz CT molecular complexity index is 624. The lowest BCUT2D eigenvalue weighted by Gasteiger charge is -2.17. The Labute approximate surface area is 116 Å². The van der Waals surface area contributed by atoms with Crippen molar-refractivity contribution in [1.29, 1.82) is 0 Å². The summed E-state index contributed by atoms with van der Waals surface area (Å²) >= 11 is 1.66. The monoisotopic (exact) mass is 272 g/mol. The lowest BCUT2D eigenvalue weighted by Crippen LogP contribution is -2.31. The number of thiophene rings is 1. The molecule has 3 heterocycles. The first kappa shape index (κ1) is 11.4. The van der Waals surface area contributed by atoms with Crippen molar-refractivity contribution in [3.05, 3.63) is 35.2 Å². The minimum absolute atomic E-state index is 0.215. The van der Waals surface area contributed by atoms with Crippen LogP contribution in [0.3, 0.4) is 0 Å². The fraction of sp³-hybridized carbons (Fsp3) is 0.400. The average molecular weight is 272 g/mol. The van der Waals surface area contributed by atoms with E-state index in [1.165, 1.54) is 4.70 Å². The summed E-state index contributed by atoms with van der Waals surface area (Å²) < 4.78 is 1.20. The molecular weight excluding hydrogens is 256 g/mol. The van der Waals surface area contributed by atoms with Gasteiger partial charge in [0.25, 0.3) is 5.91 Å². The van der Waals surface area contributed by atoms with Crippen molar-refractivity contribution in [2.45, 2.75) is 0 Å². The highest BCUT2D eigenvalue weighted by molar-refractivity contribution is 7.17. The van der Waals surface area contributed by atoms with Crippen molar-refractivity contribution in [3.8, 4) is 0 Å². The summed E-state index contributed by atoms with van der Waals surface area (Å²) in [6, 6.07) is 8.17. The van der Waals surface area contributed by atoms with E-state index < -0.39 is 0 Å². The molecule has 19 heavy (non-hydrogen) atoms. The van der Waals surface area contributed by atoms with Gasteiger partial charge >= 0.3 is 0 Å². The van der Waals surface area contributed by atoms with Gasteiger partial charge in [0.05, 0.1) is 5.56 Å². The second-order valence-electron chi connectivity index (χ2n) is 5.53. The van der Waals surface area contributed by atoms with Crippen LogP contribution in [0.1, 0.15) is 10.4 Å². The Morgan fingerprint density at radius 1 is 1.21 bits per heavy atom. The standard InChI is InChI=1S/C15H16N2OS/c18-15(17-7-10-5-16-6-11(10)8-17)13-9-19-14-4-2-1-3-12(13)14/h1-4,9-11,16H,5-8H2. The minimum atomic E-state index is 0.215. The largest absolute Gasteiger partial charge is 0.338 e. The average Bonchev–Trinajstić information content (AvgIpc) is 3.11. The van der Waals surface area contributed by atoms with Crippen molar-refractivity contribution in [1.82, 2.24) is 10.2 Å². The third-order valence-electron chi connectivity index (χ3n) is 4.39. The zero-order valence-corrected chi connectivity index (χ0v) is 11.5. The second kappa shape index (κ2) is 4.32. The summed E-state index contributed by atoms with van der Waals surface area (Å²) in [5, 5.41) is 6.53. The molecule has 1 amide bonds. The molecule has 2 aliphatic heterocycles. The molecule has 2 saturated heterocycles. The molecule has 1 N–H and O–H groups in total. The third-order valence-corrected chi connectivity index (χ3v) is 5.35. The number of nitrogens with zero attached hydrogens (tertiary/aromatic N) is 1. The fourth-order valence-corrected chi connectivity index (χ4v) is 4.27. The van der Waals surface area contributed by atoms with Crippen molar-refractivity contribution < 1.29 is 4.79 Å². The van der Waals surface area contributed by atoms with E-state index in [9.17, 15) is 4.79 Å². The Morgan fingerprint density at radius 2 is 1.95 bits per heavy atom. The van der Waals surface area contributed by atoms with Crippen LogP contribution in [-0.2, 0) is 0 Å². The first-order chi connectivity index (χ1) is 9.33. The van der Waals surface area contributed by atoms with Gasteiger partial charge in [-0.1, -0.05) is 18.2 Å². The molecular formula is C15H16N2OS. The van der Waals surface area contributed by atoms with E-state index in [0.29, 0.717) is 11.8 Å². The summed E-state index contributed by atoms with van der Waals surface area (Å²) in [6.07, 6.45) is 0. The van der Waals surface area contributed by atoms with Gasteiger partial charge in [-0.2, -0.15) is 0 Å². The van der Waals surface area contributed by atoms with Crippen molar-refractivity contribution in [2.75, 3.05) is 26.2 Å². The van der Waals surface area contributed by atoms with Gasteiger partial charge in [0.2, 0.25) is 0 Å². The van der Waals surface area contributed by atoms with Crippen LogP contribution in [0.15, 0.2) is 29.6 Å². The molecule has 2 unspecified atom stereocenters. The quantitative estimate of drug-likeness (QED) is 0.863. The van der Waals surface area contributed by atoms with Crippen molar-refractivity contribution in [3.63, 3.8) is 0 Å². The van der Waals surface area contributed by atoms with E-state index >= 15 is 0 Å². The molecule has 3 nitrogen and oxygen atoms in total. The summed E-state index contributed by atoms with van der Waals surface area (Å²) in [5.74, 6) is 1.54. The molecule has 0 radical (unpaired) electrons. The zero-order chi connectivity index (χ0) is 12.8. The van der Waals surface area contributed by atoms with Crippen LogP contribution in [0, 0.1) is 11.8 Å². The van der Waals surface area contributed by atoms with E-state index in [2.05, 4.69) is 17.4 Å². The van der Waals surface area contributed by atoms with E-state index in [4.69, 9.17) is 0 Å². The first-order valence-corrected chi connectivity index (χ1v) is 7.67. The Kier molecular flexibility index (Phi) is 2.60. The van der Waals surface area contributed by atoms with Crippen LogP contribution in [0.25, 0.3) is 10.1 Å². The SMILES string of the molecule is O=C(c1csc2ccccc12)N1CC2CNCC2C1. The minimum Gasteiger partial charge on any atom is -0.338 e. The van der Waals surface area contributed by atoms with E-state index in [1.54, 1.807) is 11.3 Å². The van der Waals surface area contributed by atoms with Gasteiger partial charge in [-0.15, -0.1) is 11.3 Å². The molecule has 0 bridgehead atoms.